The number of fused-ring (bicyclic) bond motifs is 1. The van der Waals surface area contributed by atoms with E-state index < -0.39 is 5.97 Å². The number of ether oxygens (including phenoxy) is 1. The Morgan fingerprint density at radius 1 is 1.31 bits per heavy atom. The van der Waals surface area contributed by atoms with Crippen molar-refractivity contribution in [3.63, 3.8) is 0 Å². The molecule has 1 aliphatic rings. The molecule has 0 N–H and O–H groups in total. The smallest absolute Gasteiger partial charge is 0.330 e. The molecule has 3 heteroatoms. The summed E-state index contributed by atoms with van der Waals surface area (Å²) in [6.07, 6.45) is 2.69. The molecule has 0 aliphatic heterocycles. The zero-order valence-corrected chi connectivity index (χ0v) is 9.03. The zero-order chi connectivity index (χ0) is 11.5. The van der Waals surface area contributed by atoms with Crippen molar-refractivity contribution < 1.29 is 14.3 Å². The van der Waals surface area contributed by atoms with Crippen molar-refractivity contribution in [3.8, 4) is 0 Å². The molecule has 0 heterocycles. The van der Waals surface area contributed by atoms with Crippen molar-refractivity contribution in [1.82, 2.24) is 0 Å². The number of hydrogen-bond donors (Lipinski definition) is 0. The van der Waals surface area contributed by atoms with E-state index in [1.807, 2.05) is 18.2 Å². The molecule has 2 rings (SSSR count). The van der Waals surface area contributed by atoms with E-state index in [-0.39, 0.29) is 5.78 Å². The van der Waals surface area contributed by atoms with Crippen LogP contribution in [0, 0.1) is 0 Å². The van der Waals surface area contributed by atoms with Gasteiger partial charge in [-0.05, 0) is 18.4 Å². The number of carbonyl (C=O) groups excluding carboxylic acids is 2. The molecule has 0 aromatic heterocycles. The number of carbonyl (C=O) groups is 2. The van der Waals surface area contributed by atoms with Crippen LogP contribution < -0.4 is 0 Å². The molecule has 0 saturated heterocycles. The van der Waals surface area contributed by atoms with E-state index in [4.69, 9.17) is 0 Å². The molecule has 0 amide bonds. The number of esters is 1. The van der Waals surface area contributed by atoms with E-state index in [0.29, 0.717) is 17.6 Å². The van der Waals surface area contributed by atoms with Crippen molar-refractivity contribution in [1.29, 1.82) is 0 Å². The van der Waals surface area contributed by atoms with Crippen LogP contribution in [0.2, 0.25) is 0 Å². The fraction of sp³-hybridized carbons (Fsp3) is 0.231. The predicted octanol–water partition coefficient (Wildman–Crippen LogP) is 1.91. The lowest BCUT2D eigenvalue weighted by Crippen LogP contribution is -2.15. The third kappa shape index (κ3) is 1.89. The van der Waals surface area contributed by atoms with Gasteiger partial charge in [0, 0.05) is 17.2 Å². The van der Waals surface area contributed by atoms with Crippen LogP contribution in [0.3, 0.4) is 0 Å². The Morgan fingerprint density at radius 2 is 2.06 bits per heavy atom. The summed E-state index contributed by atoms with van der Waals surface area (Å²) >= 11 is 0. The normalized spacial score (nSPS) is 17.1. The highest BCUT2D eigenvalue weighted by atomic mass is 16.5. The van der Waals surface area contributed by atoms with Crippen LogP contribution in [0.5, 0.6) is 0 Å². The maximum absolute atomic E-state index is 12.0. The lowest BCUT2D eigenvalue weighted by atomic mass is 9.87. The molecule has 0 saturated carbocycles. The Labute approximate surface area is 93.7 Å². The minimum absolute atomic E-state index is 0.0627. The van der Waals surface area contributed by atoms with E-state index in [2.05, 4.69) is 4.74 Å². The molecule has 3 nitrogen and oxygen atoms in total. The number of methoxy groups -OCH3 is 1. The topological polar surface area (TPSA) is 43.4 Å². The Morgan fingerprint density at radius 3 is 2.81 bits per heavy atom. The van der Waals surface area contributed by atoms with Crippen LogP contribution in [0.4, 0.5) is 0 Å². The van der Waals surface area contributed by atoms with Gasteiger partial charge in [-0.2, -0.15) is 0 Å². The van der Waals surface area contributed by atoms with Crippen LogP contribution in [0.1, 0.15) is 22.3 Å². The van der Waals surface area contributed by atoms with Gasteiger partial charge in [0.1, 0.15) is 0 Å². The Balaban J connectivity index is 2.35. The first kappa shape index (κ1) is 10.6. The number of allylic oxidation sites excluding steroid dienone is 1. The molecule has 0 unspecified atom stereocenters. The lowest BCUT2D eigenvalue weighted by molar-refractivity contribution is -0.134. The van der Waals surface area contributed by atoms with Gasteiger partial charge in [-0.1, -0.05) is 24.3 Å². The number of hydrogen-bond acceptors (Lipinski definition) is 3. The molecule has 1 aromatic carbocycles. The number of Topliss-reactive ketones (excluding diaryl/α,β-unsaturated/α-hetero) is 1. The van der Waals surface area contributed by atoms with Gasteiger partial charge in [0.25, 0.3) is 0 Å². The van der Waals surface area contributed by atoms with Crippen molar-refractivity contribution in [2.45, 2.75) is 12.8 Å². The second-order valence-corrected chi connectivity index (χ2v) is 3.68. The van der Waals surface area contributed by atoms with Gasteiger partial charge >= 0.3 is 5.97 Å². The Bertz CT molecular complexity index is 472. The second kappa shape index (κ2) is 4.31. The highest BCUT2D eigenvalue weighted by Crippen LogP contribution is 2.24. The fourth-order valence-electron chi connectivity index (χ4n) is 1.85. The summed E-state index contributed by atoms with van der Waals surface area (Å²) < 4.78 is 4.52. The van der Waals surface area contributed by atoms with Gasteiger partial charge in [0.2, 0.25) is 0 Å². The molecular weight excluding hydrogens is 204 g/mol. The van der Waals surface area contributed by atoms with Crippen molar-refractivity contribution in [2.24, 2.45) is 0 Å². The van der Waals surface area contributed by atoms with Gasteiger partial charge in [0.05, 0.1) is 7.11 Å². The fourth-order valence-corrected chi connectivity index (χ4v) is 1.85. The summed E-state index contributed by atoms with van der Waals surface area (Å²) in [5.41, 5.74) is 2.28. The van der Waals surface area contributed by atoms with Crippen LogP contribution in [-0.4, -0.2) is 18.9 Å². The largest absolute Gasteiger partial charge is 0.466 e. The lowest BCUT2D eigenvalue weighted by Gasteiger charge is -2.16. The first-order valence-corrected chi connectivity index (χ1v) is 5.13. The van der Waals surface area contributed by atoms with Crippen molar-refractivity contribution in [3.05, 3.63) is 47.0 Å². The van der Waals surface area contributed by atoms with Gasteiger partial charge < -0.3 is 4.74 Å². The first-order valence-electron chi connectivity index (χ1n) is 5.13. The maximum atomic E-state index is 12.0. The van der Waals surface area contributed by atoms with Crippen molar-refractivity contribution in [2.75, 3.05) is 7.11 Å². The average molecular weight is 216 g/mol. The summed E-state index contributed by atoms with van der Waals surface area (Å²) in [6, 6.07) is 7.49. The van der Waals surface area contributed by atoms with Crippen LogP contribution >= 0.6 is 0 Å². The highest BCUT2D eigenvalue weighted by molar-refractivity contribution is 6.12. The number of benzene rings is 1. The molecule has 0 radical (unpaired) electrons. The third-order valence-electron chi connectivity index (χ3n) is 2.71. The Hall–Kier alpha value is -1.90. The van der Waals surface area contributed by atoms with Crippen LogP contribution in [-0.2, 0) is 16.0 Å². The first-order chi connectivity index (χ1) is 7.72. The molecule has 1 aliphatic carbocycles. The Kier molecular flexibility index (Phi) is 2.86. The molecule has 0 fully saturated rings. The van der Waals surface area contributed by atoms with E-state index in [0.717, 1.165) is 12.0 Å². The van der Waals surface area contributed by atoms with Gasteiger partial charge in [0.15, 0.2) is 5.78 Å². The summed E-state index contributed by atoms with van der Waals surface area (Å²) in [5, 5.41) is 0. The van der Waals surface area contributed by atoms with E-state index in [1.54, 1.807) is 6.07 Å². The van der Waals surface area contributed by atoms with Gasteiger partial charge in [-0.15, -0.1) is 0 Å². The van der Waals surface area contributed by atoms with E-state index in [1.165, 1.54) is 13.2 Å². The molecular formula is C13H12O3. The predicted molar refractivity (Wildman–Crippen MR) is 59.2 cm³/mol. The number of ketones is 1. The summed E-state index contributed by atoms with van der Waals surface area (Å²) in [5.74, 6) is -0.532. The molecule has 0 atom stereocenters. The second-order valence-electron chi connectivity index (χ2n) is 3.68. The van der Waals surface area contributed by atoms with Gasteiger partial charge in [-0.3, -0.25) is 4.79 Å². The minimum Gasteiger partial charge on any atom is -0.466 e. The monoisotopic (exact) mass is 216 g/mol. The van der Waals surface area contributed by atoms with E-state index >= 15 is 0 Å². The standard InChI is InChI=1S/C13H12O3/c1-16-12(14)8-10-7-6-9-4-2-3-5-11(9)13(10)15/h2-5,8H,6-7H2,1H3. The zero-order valence-electron chi connectivity index (χ0n) is 9.03. The minimum atomic E-state index is -0.470. The molecule has 82 valence electrons. The number of rotatable bonds is 1. The summed E-state index contributed by atoms with van der Waals surface area (Å²) in [7, 11) is 1.31. The molecule has 16 heavy (non-hydrogen) atoms. The summed E-state index contributed by atoms with van der Waals surface area (Å²) in [4.78, 5) is 23.1. The SMILES string of the molecule is COC(=O)C=C1CCc2ccccc2C1=O. The van der Waals surface area contributed by atoms with E-state index in [9.17, 15) is 9.59 Å². The maximum Gasteiger partial charge on any atom is 0.330 e. The highest BCUT2D eigenvalue weighted by Gasteiger charge is 2.21. The van der Waals surface area contributed by atoms with Crippen LogP contribution in [0.15, 0.2) is 35.9 Å². The average Bonchev–Trinajstić information content (AvgIpc) is 2.33. The van der Waals surface area contributed by atoms with Crippen molar-refractivity contribution >= 4 is 11.8 Å². The molecule has 0 bridgehead atoms. The summed E-state index contributed by atoms with van der Waals surface area (Å²) in [6.45, 7) is 0. The van der Waals surface area contributed by atoms with Crippen LogP contribution in [0.25, 0.3) is 0 Å². The number of aryl methyl sites for hydroxylation is 1. The third-order valence-corrected chi connectivity index (χ3v) is 2.71. The van der Waals surface area contributed by atoms with Gasteiger partial charge in [-0.25, -0.2) is 4.79 Å². The quantitative estimate of drug-likeness (QED) is 0.532. The molecule has 1 aromatic rings. The molecule has 0 spiro atoms.